The first-order chi connectivity index (χ1) is 21.3. The zero-order valence-electron chi connectivity index (χ0n) is 23.5. The van der Waals surface area contributed by atoms with Crippen LogP contribution in [-0.4, -0.2) is 36.1 Å². The molecule has 0 unspecified atom stereocenters. The molecule has 0 aliphatic rings. The van der Waals surface area contributed by atoms with Crippen molar-refractivity contribution in [2.45, 2.75) is 0 Å². The van der Waals surface area contributed by atoms with Crippen LogP contribution in [0.1, 0.15) is 11.1 Å². The lowest BCUT2D eigenvalue weighted by atomic mass is 10.1. The fraction of sp³-hybridized carbons (Fsp3) is 0.0588. The van der Waals surface area contributed by atoms with Crippen LogP contribution >= 0.6 is 23.2 Å². The van der Waals surface area contributed by atoms with Crippen molar-refractivity contribution in [1.29, 1.82) is 0 Å². The van der Waals surface area contributed by atoms with Crippen LogP contribution in [0, 0.1) is 0 Å². The van der Waals surface area contributed by atoms with E-state index in [2.05, 4.69) is 19.4 Å². The monoisotopic (exact) mass is 626 g/mol. The van der Waals surface area contributed by atoms with E-state index in [1.54, 1.807) is 48.6 Å². The highest BCUT2D eigenvalue weighted by atomic mass is 35.5. The van der Waals surface area contributed by atoms with Gasteiger partial charge in [-0.05, 0) is 71.8 Å². The molecule has 10 heteroatoms. The summed E-state index contributed by atoms with van der Waals surface area (Å²) >= 11 is 11.9. The Hall–Kier alpha value is -5.18. The van der Waals surface area contributed by atoms with Crippen LogP contribution in [-0.2, 0) is 19.1 Å². The number of fused-ring (bicyclic) bond motifs is 2. The molecule has 0 aliphatic carbocycles. The summed E-state index contributed by atoms with van der Waals surface area (Å²) in [6.07, 6.45) is 6.06. The molecule has 0 saturated carbocycles. The minimum Gasteiger partial charge on any atom is -0.466 e. The predicted octanol–water partition coefficient (Wildman–Crippen LogP) is 8.67. The topological polar surface area (TPSA) is 105 Å². The first kappa shape index (κ1) is 30.3. The lowest BCUT2D eigenvalue weighted by Crippen LogP contribution is -1.93. The SMILES string of the molecule is COC(=O)/C=C/c1ccccc1-c1nc2cc(Cl)ccc2o1.COC(=O)/C=C/c1ccccc1-c1nc2cc(Cl)ccc2o1. The van der Waals surface area contributed by atoms with Gasteiger partial charge < -0.3 is 18.3 Å². The van der Waals surface area contributed by atoms with Crippen molar-refractivity contribution >= 4 is 69.5 Å². The molecule has 0 saturated heterocycles. The normalized spacial score (nSPS) is 11.2. The van der Waals surface area contributed by atoms with E-state index in [-0.39, 0.29) is 0 Å². The average molecular weight is 627 g/mol. The molecular weight excluding hydrogens is 603 g/mol. The molecule has 0 N–H and O–H groups in total. The van der Waals surface area contributed by atoms with Crippen molar-refractivity contribution in [3.63, 3.8) is 0 Å². The summed E-state index contributed by atoms with van der Waals surface area (Å²) in [6, 6.07) is 25.6. The van der Waals surface area contributed by atoms with Crippen molar-refractivity contribution in [2.75, 3.05) is 14.2 Å². The van der Waals surface area contributed by atoms with E-state index >= 15 is 0 Å². The molecule has 0 amide bonds. The van der Waals surface area contributed by atoms with Gasteiger partial charge in [0.1, 0.15) is 11.0 Å². The highest BCUT2D eigenvalue weighted by Crippen LogP contribution is 2.30. The van der Waals surface area contributed by atoms with Gasteiger partial charge in [0.2, 0.25) is 11.8 Å². The Bertz CT molecular complexity index is 1880. The summed E-state index contributed by atoms with van der Waals surface area (Å²) in [7, 11) is 2.67. The number of rotatable bonds is 6. The highest BCUT2D eigenvalue weighted by molar-refractivity contribution is 6.31. The van der Waals surface area contributed by atoms with Gasteiger partial charge in [-0.1, -0.05) is 59.6 Å². The summed E-state index contributed by atoms with van der Waals surface area (Å²) in [5.74, 6) is 0.114. The fourth-order valence-corrected chi connectivity index (χ4v) is 4.49. The van der Waals surface area contributed by atoms with Crippen LogP contribution in [0.4, 0.5) is 0 Å². The van der Waals surface area contributed by atoms with Crippen LogP contribution in [0.15, 0.2) is 106 Å². The second-order valence-corrected chi connectivity index (χ2v) is 10.0. The smallest absolute Gasteiger partial charge is 0.330 e. The van der Waals surface area contributed by atoms with Gasteiger partial charge in [0.05, 0.1) is 14.2 Å². The first-order valence-electron chi connectivity index (χ1n) is 13.2. The van der Waals surface area contributed by atoms with E-state index in [1.165, 1.54) is 26.4 Å². The number of methoxy groups -OCH3 is 2. The summed E-state index contributed by atoms with van der Waals surface area (Å²) in [5, 5.41) is 1.21. The van der Waals surface area contributed by atoms with E-state index in [9.17, 15) is 9.59 Å². The second kappa shape index (κ2) is 13.9. The number of esters is 2. The number of carbonyl (C=O) groups is 2. The van der Waals surface area contributed by atoms with Crippen LogP contribution in [0.5, 0.6) is 0 Å². The molecule has 0 spiro atoms. The number of nitrogens with zero attached hydrogens (tertiary/aromatic N) is 2. The van der Waals surface area contributed by atoms with Crippen LogP contribution in [0.2, 0.25) is 10.0 Å². The maximum absolute atomic E-state index is 11.2. The van der Waals surface area contributed by atoms with Gasteiger partial charge in [0.15, 0.2) is 11.2 Å². The Labute approximate surface area is 262 Å². The quantitative estimate of drug-likeness (QED) is 0.133. The molecule has 0 atom stereocenters. The lowest BCUT2D eigenvalue weighted by Gasteiger charge is -2.01. The molecule has 2 heterocycles. The molecule has 8 nitrogen and oxygen atoms in total. The Morgan fingerprint density at radius 2 is 1.05 bits per heavy atom. The molecule has 4 aromatic carbocycles. The zero-order chi connectivity index (χ0) is 31.1. The van der Waals surface area contributed by atoms with E-state index in [0.717, 1.165) is 22.3 Å². The molecule has 0 aliphatic heterocycles. The van der Waals surface area contributed by atoms with Crippen molar-refractivity contribution in [2.24, 2.45) is 0 Å². The first-order valence-corrected chi connectivity index (χ1v) is 13.9. The second-order valence-electron chi connectivity index (χ2n) is 9.15. The molecule has 6 aromatic rings. The Morgan fingerprint density at radius 3 is 1.45 bits per heavy atom. The number of hydrogen-bond donors (Lipinski definition) is 0. The molecule has 0 radical (unpaired) electrons. The third kappa shape index (κ3) is 7.23. The van der Waals surface area contributed by atoms with Gasteiger partial charge in [0.25, 0.3) is 0 Å². The van der Waals surface area contributed by atoms with Gasteiger partial charge in [-0.2, -0.15) is 0 Å². The van der Waals surface area contributed by atoms with Gasteiger partial charge >= 0.3 is 11.9 Å². The minimum absolute atomic E-state index is 0.417. The van der Waals surface area contributed by atoms with Gasteiger partial charge in [-0.3, -0.25) is 0 Å². The molecule has 220 valence electrons. The third-order valence-corrected chi connectivity index (χ3v) is 6.75. The van der Waals surface area contributed by atoms with Crippen molar-refractivity contribution < 1.29 is 27.9 Å². The number of oxazole rings is 2. The summed E-state index contributed by atoms with van der Waals surface area (Å²) in [5.41, 5.74) is 5.89. The molecular formula is C34H24Cl2N2O6. The van der Waals surface area contributed by atoms with Crippen molar-refractivity contribution in [1.82, 2.24) is 9.97 Å². The Balaban J connectivity index is 0.000000175. The van der Waals surface area contributed by atoms with E-state index < -0.39 is 11.9 Å². The van der Waals surface area contributed by atoms with Gasteiger partial charge in [-0.25, -0.2) is 19.6 Å². The molecule has 0 fully saturated rings. The standard InChI is InChI=1S/2C17H12ClNO3/c2*1-21-16(20)9-6-11-4-2-3-5-13(11)17-19-14-10-12(18)7-8-15(14)22-17/h2*2-10H,1H3/b2*9-6+. The van der Waals surface area contributed by atoms with Crippen LogP contribution in [0.25, 0.3) is 57.3 Å². The summed E-state index contributed by atoms with van der Waals surface area (Å²) in [6.45, 7) is 0. The van der Waals surface area contributed by atoms with Crippen molar-refractivity contribution in [3.8, 4) is 22.9 Å². The predicted molar refractivity (Wildman–Crippen MR) is 171 cm³/mol. The van der Waals surface area contributed by atoms with Crippen LogP contribution in [0.3, 0.4) is 0 Å². The highest BCUT2D eigenvalue weighted by Gasteiger charge is 2.13. The number of halogens is 2. The maximum Gasteiger partial charge on any atom is 0.330 e. The number of ether oxygens (including phenoxy) is 2. The molecule has 0 bridgehead atoms. The van der Waals surface area contributed by atoms with Crippen molar-refractivity contribution in [3.05, 3.63) is 118 Å². The Kier molecular flexibility index (Phi) is 9.54. The third-order valence-electron chi connectivity index (χ3n) is 6.28. The molecule has 6 rings (SSSR count). The molecule has 2 aromatic heterocycles. The number of benzene rings is 4. The van der Waals surface area contributed by atoms with E-state index in [0.29, 0.717) is 44.0 Å². The zero-order valence-corrected chi connectivity index (χ0v) is 25.0. The van der Waals surface area contributed by atoms with Gasteiger partial charge in [0, 0.05) is 33.3 Å². The van der Waals surface area contributed by atoms with E-state index in [4.69, 9.17) is 32.0 Å². The van der Waals surface area contributed by atoms with Gasteiger partial charge in [-0.15, -0.1) is 0 Å². The Morgan fingerprint density at radius 1 is 0.636 bits per heavy atom. The number of carbonyl (C=O) groups excluding carboxylic acids is 2. The molecule has 44 heavy (non-hydrogen) atoms. The number of aromatic nitrogens is 2. The minimum atomic E-state index is -0.417. The lowest BCUT2D eigenvalue weighted by molar-refractivity contribution is -0.135. The largest absolute Gasteiger partial charge is 0.466 e. The summed E-state index contributed by atoms with van der Waals surface area (Å²) in [4.78, 5) is 31.4. The van der Waals surface area contributed by atoms with Crippen LogP contribution < -0.4 is 0 Å². The number of hydrogen-bond acceptors (Lipinski definition) is 8. The maximum atomic E-state index is 11.2. The fourth-order valence-electron chi connectivity index (χ4n) is 4.16. The summed E-state index contributed by atoms with van der Waals surface area (Å²) < 4.78 is 20.7. The average Bonchev–Trinajstić information content (AvgIpc) is 3.66. The van der Waals surface area contributed by atoms with E-state index in [1.807, 2.05) is 48.5 Å².